The van der Waals surface area contributed by atoms with Crippen molar-refractivity contribution in [1.82, 2.24) is 0 Å². The lowest BCUT2D eigenvalue weighted by molar-refractivity contribution is -0.338. The van der Waals surface area contributed by atoms with Crippen molar-refractivity contribution in [3.05, 3.63) is 0 Å². The van der Waals surface area contributed by atoms with Gasteiger partial charge in [0.05, 0.1) is 24.2 Å². The lowest BCUT2D eigenvalue weighted by Crippen LogP contribution is -2.72. The molecule has 6 N–H and O–H groups in total. The van der Waals surface area contributed by atoms with E-state index in [2.05, 4.69) is 0 Å². The third-order valence-electron chi connectivity index (χ3n) is 6.69. The zero-order valence-electron chi connectivity index (χ0n) is 18.6. The van der Waals surface area contributed by atoms with Gasteiger partial charge in [-0.3, -0.25) is 4.79 Å². The minimum absolute atomic E-state index is 0.101. The highest BCUT2D eigenvalue weighted by atomic mass is 16.7. The van der Waals surface area contributed by atoms with Crippen LogP contribution in [0.2, 0.25) is 0 Å². The molecule has 0 amide bonds. The van der Waals surface area contributed by atoms with Crippen LogP contribution in [0.15, 0.2) is 0 Å². The van der Waals surface area contributed by atoms with Crippen LogP contribution in [0, 0.1) is 16.7 Å². The quantitative estimate of drug-likeness (QED) is 0.319. The van der Waals surface area contributed by atoms with Gasteiger partial charge in [-0.25, -0.2) is 0 Å². The molecule has 2 rings (SSSR count). The van der Waals surface area contributed by atoms with Crippen LogP contribution in [0.3, 0.4) is 0 Å². The first kappa shape index (κ1) is 25.6. The molecule has 2 fully saturated rings. The van der Waals surface area contributed by atoms with Gasteiger partial charge in [0.1, 0.15) is 30.0 Å². The molecule has 1 saturated heterocycles. The minimum atomic E-state index is -1.95. The number of rotatable bonds is 6. The largest absolute Gasteiger partial charge is 0.394 e. The van der Waals surface area contributed by atoms with E-state index in [1.54, 1.807) is 27.7 Å². The molecule has 0 aromatic carbocycles. The van der Waals surface area contributed by atoms with Gasteiger partial charge in [0.25, 0.3) is 0 Å². The summed E-state index contributed by atoms with van der Waals surface area (Å²) in [5.41, 5.74) is -4.36. The van der Waals surface area contributed by atoms with E-state index in [0.29, 0.717) is 6.42 Å². The molecule has 30 heavy (non-hydrogen) atoms. The van der Waals surface area contributed by atoms with Crippen LogP contribution in [-0.2, 0) is 14.3 Å². The van der Waals surface area contributed by atoms with E-state index in [4.69, 9.17) is 9.47 Å². The molecule has 1 saturated carbocycles. The van der Waals surface area contributed by atoms with E-state index >= 15 is 0 Å². The summed E-state index contributed by atoms with van der Waals surface area (Å²) < 4.78 is 11.4. The van der Waals surface area contributed by atoms with Gasteiger partial charge < -0.3 is 40.1 Å². The molecule has 0 aromatic rings. The van der Waals surface area contributed by atoms with Crippen molar-refractivity contribution >= 4 is 5.78 Å². The molecule has 3 unspecified atom stereocenters. The Hall–Kier alpha value is -0.650. The van der Waals surface area contributed by atoms with E-state index in [-0.39, 0.29) is 12.3 Å². The number of ketones is 1. The third-order valence-corrected chi connectivity index (χ3v) is 6.69. The van der Waals surface area contributed by atoms with E-state index in [1.165, 1.54) is 0 Å². The lowest BCUT2D eigenvalue weighted by atomic mass is 9.54. The molecule has 2 aliphatic rings. The zero-order chi connectivity index (χ0) is 23.2. The van der Waals surface area contributed by atoms with Crippen molar-refractivity contribution in [3.8, 4) is 0 Å². The number of hydrogen-bond donors (Lipinski definition) is 6. The third kappa shape index (κ3) is 4.19. The highest BCUT2D eigenvalue weighted by Crippen LogP contribution is 2.52. The molecule has 176 valence electrons. The van der Waals surface area contributed by atoms with Gasteiger partial charge in [-0.15, -0.1) is 0 Å². The SMILES string of the molecule is CC(C)CCC1(O)C(=O)C(C)(C)C(O[C@@H]2O[C@H](CO)[C@@H](O)[C@H](O)[C@H]2O)C(C)(C)C1O. The molecule has 9 nitrogen and oxygen atoms in total. The van der Waals surface area contributed by atoms with Crippen molar-refractivity contribution < 1.29 is 44.9 Å². The summed E-state index contributed by atoms with van der Waals surface area (Å²) >= 11 is 0. The maximum atomic E-state index is 13.3. The van der Waals surface area contributed by atoms with Gasteiger partial charge in [0.15, 0.2) is 12.1 Å². The average Bonchev–Trinajstić information content (AvgIpc) is 2.67. The predicted octanol–water partition coefficient (Wildman–Crippen LogP) is -0.665. The normalized spacial score (nSPS) is 43.8. The lowest BCUT2D eigenvalue weighted by Gasteiger charge is -2.57. The standard InChI is InChI=1S/C21H38O9/c1-10(2)7-8-21(28)16(26)19(3,4)18(20(5,6)17(21)27)30-15-14(25)13(24)12(23)11(9-22)29-15/h10-16,18,22-26,28H,7-9H2,1-6H3/t11-,12-,13+,14-,15+,16?,18?,21?/m1/s1. The summed E-state index contributed by atoms with van der Waals surface area (Å²) in [5.74, 6) is -0.347. The number of ether oxygens (including phenoxy) is 2. The molecule has 0 spiro atoms. The molecular weight excluding hydrogens is 396 g/mol. The fraction of sp³-hybridized carbons (Fsp3) is 0.952. The van der Waals surface area contributed by atoms with Gasteiger partial charge >= 0.3 is 0 Å². The fourth-order valence-corrected chi connectivity index (χ4v) is 4.91. The summed E-state index contributed by atoms with van der Waals surface area (Å²) in [6.45, 7) is 9.81. The van der Waals surface area contributed by atoms with E-state index in [9.17, 15) is 35.4 Å². The summed E-state index contributed by atoms with van der Waals surface area (Å²) in [7, 11) is 0. The van der Waals surface area contributed by atoms with Crippen LogP contribution >= 0.6 is 0 Å². The molecule has 0 bridgehead atoms. The second-order valence-corrected chi connectivity index (χ2v) is 10.3. The van der Waals surface area contributed by atoms with Crippen LogP contribution in [0.25, 0.3) is 0 Å². The number of Topliss-reactive ketones (excluding diaryl/α,β-unsaturated/α-hetero) is 1. The van der Waals surface area contributed by atoms with Gasteiger partial charge in [-0.1, -0.05) is 41.5 Å². The highest BCUT2D eigenvalue weighted by molar-refractivity contribution is 5.94. The summed E-state index contributed by atoms with van der Waals surface area (Å²) in [6.07, 6.45) is -9.22. The molecule has 0 aromatic heterocycles. The number of aliphatic hydroxyl groups excluding tert-OH is 5. The fourth-order valence-electron chi connectivity index (χ4n) is 4.91. The van der Waals surface area contributed by atoms with E-state index in [0.717, 1.165) is 0 Å². The Bertz CT molecular complexity index is 618. The van der Waals surface area contributed by atoms with Crippen LogP contribution in [-0.4, -0.2) is 91.5 Å². The van der Waals surface area contributed by atoms with Gasteiger partial charge in [0.2, 0.25) is 0 Å². The molecule has 9 heteroatoms. The average molecular weight is 435 g/mol. The van der Waals surface area contributed by atoms with Crippen molar-refractivity contribution in [2.45, 2.75) is 103 Å². The molecule has 8 atom stereocenters. The summed E-state index contributed by atoms with van der Waals surface area (Å²) in [4.78, 5) is 13.3. The second-order valence-electron chi connectivity index (χ2n) is 10.3. The topological polar surface area (TPSA) is 157 Å². The zero-order valence-corrected chi connectivity index (χ0v) is 18.6. The van der Waals surface area contributed by atoms with Gasteiger partial charge in [0, 0.05) is 5.41 Å². The smallest absolute Gasteiger partial charge is 0.187 e. The second kappa shape index (κ2) is 8.71. The number of carbonyl (C=O) groups excluding carboxylic acids is 1. The molecular formula is C21H38O9. The monoisotopic (exact) mass is 434 g/mol. The number of carbonyl (C=O) groups is 1. The first-order valence-electron chi connectivity index (χ1n) is 10.5. The Morgan fingerprint density at radius 1 is 1.03 bits per heavy atom. The predicted molar refractivity (Wildman–Crippen MR) is 106 cm³/mol. The summed E-state index contributed by atoms with van der Waals surface area (Å²) in [6, 6.07) is 0. The van der Waals surface area contributed by atoms with Crippen LogP contribution in [0.5, 0.6) is 0 Å². The van der Waals surface area contributed by atoms with Gasteiger partial charge in [-0.2, -0.15) is 0 Å². The van der Waals surface area contributed by atoms with Crippen molar-refractivity contribution in [3.63, 3.8) is 0 Å². The Kier molecular flexibility index (Phi) is 7.43. The minimum Gasteiger partial charge on any atom is -0.394 e. The van der Waals surface area contributed by atoms with Crippen molar-refractivity contribution in [1.29, 1.82) is 0 Å². The van der Waals surface area contributed by atoms with E-state index in [1.807, 2.05) is 13.8 Å². The Balaban J connectivity index is 2.36. The maximum absolute atomic E-state index is 13.3. The highest BCUT2D eigenvalue weighted by Gasteiger charge is 2.66. The Morgan fingerprint density at radius 2 is 1.60 bits per heavy atom. The van der Waals surface area contributed by atoms with Gasteiger partial charge in [-0.05, 0) is 18.8 Å². The molecule has 1 heterocycles. The number of aliphatic hydroxyl groups is 6. The number of hydrogen-bond acceptors (Lipinski definition) is 9. The first-order chi connectivity index (χ1) is 13.6. The van der Waals surface area contributed by atoms with E-state index < -0.39 is 71.7 Å². The Morgan fingerprint density at radius 3 is 2.10 bits per heavy atom. The van der Waals surface area contributed by atoms with Crippen molar-refractivity contribution in [2.24, 2.45) is 16.7 Å². The van der Waals surface area contributed by atoms with Crippen LogP contribution in [0.1, 0.15) is 54.4 Å². The summed E-state index contributed by atoms with van der Waals surface area (Å²) in [5, 5.41) is 62.0. The van der Waals surface area contributed by atoms with Crippen molar-refractivity contribution in [2.75, 3.05) is 6.61 Å². The van der Waals surface area contributed by atoms with Crippen LogP contribution in [0.4, 0.5) is 0 Å². The first-order valence-corrected chi connectivity index (χ1v) is 10.5. The Labute approximate surface area is 177 Å². The van der Waals surface area contributed by atoms with Crippen LogP contribution < -0.4 is 0 Å². The molecule has 0 radical (unpaired) electrons. The molecule has 1 aliphatic heterocycles. The molecule has 1 aliphatic carbocycles. The maximum Gasteiger partial charge on any atom is 0.187 e.